The van der Waals surface area contributed by atoms with Crippen molar-refractivity contribution in [2.75, 3.05) is 16.9 Å². The first kappa shape index (κ1) is 21.2. The van der Waals surface area contributed by atoms with Crippen molar-refractivity contribution < 1.29 is 19.1 Å². The van der Waals surface area contributed by atoms with Crippen molar-refractivity contribution in [1.82, 2.24) is 14.8 Å². The van der Waals surface area contributed by atoms with E-state index >= 15 is 0 Å². The summed E-state index contributed by atoms with van der Waals surface area (Å²) in [7, 11) is 0. The van der Waals surface area contributed by atoms with Crippen molar-refractivity contribution in [3.8, 4) is 5.69 Å². The molecule has 0 saturated heterocycles. The van der Waals surface area contributed by atoms with E-state index in [2.05, 4.69) is 20.5 Å². The largest absolute Gasteiger partial charge is 0.451 e. The summed E-state index contributed by atoms with van der Waals surface area (Å²) in [5.74, 6) is -1.57. The smallest absolute Gasteiger partial charge is 0.355 e. The molecule has 1 aliphatic rings. The number of amides is 2. The molecule has 32 heavy (non-hydrogen) atoms. The molecule has 0 aliphatic carbocycles. The van der Waals surface area contributed by atoms with Crippen molar-refractivity contribution in [3.05, 3.63) is 66.2 Å². The van der Waals surface area contributed by atoms with Gasteiger partial charge in [-0.2, -0.15) is 10.2 Å². The molecule has 0 unspecified atom stereocenters. The first-order valence-corrected chi connectivity index (χ1v) is 9.96. The van der Waals surface area contributed by atoms with Crippen LogP contribution in [0.15, 0.2) is 66.3 Å². The number of hydrazone groups is 1. The molecule has 2 amide bonds. The number of benzene rings is 2. The first-order chi connectivity index (χ1) is 15.5. The van der Waals surface area contributed by atoms with E-state index in [9.17, 15) is 14.4 Å². The van der Waals surface area contributed by atoms with Gasteiger partial charge in [-0.25, -0.2) is 19.5 Å². The SMILES string of the molecule is O=C(COC(=O)C1=NN(c2ccccc2)C(=O)CC1)Nc1cc(Cl)ccc1-n1cncn1. The van der Waals surface area contributed by atoms with Gasteiger partial charge in [-0.3, -0.25) is 9.59 Å². The number of para-hydroxylation sites is 1. The Bertz CT molecular complexity index is 1180. The summed E-state index contributed by atoms with van der Waals surface area (Å²) in [6.07, 6.45) is 3.07. The highest BCUT2D eigenvalue weighted by molar-refractivity contribution is 6.38. The fraction of sp³-hybridized carbons (Fsp3) is 0.143. The van der Waals surface area contributed by atoms with Crippen LogP contribution in [-0.2, 0) is 19.1 Å². The number of ether oxygens (including phenoxy) is 1. The number of nitrogens with one attached hydrogen (secondary N) is 1. The van der Waals surface area contributed by atoms with Crippen LogP contribution in [-0.4, -0.2) is 44.9 Å². The Labute approximate surface area is 187 Å². The summed E-state index contributed by atoms with van der Waals surface area (Å²) in [4.78, 5) is 40.9. The average molecular weight is 453 g/mol. The quantitative estimate of drug-likeness (QED) is 0.574. The minimum atomic E-state index is -0.767. The second-order valence-electron chi connectivity index (χ2n) is 6.71. The lowest BCUT2D eigenvalue weighted by molar-refractivity contribution is -0.140. The van der Waals surface area contributed by atoms with E-state index in [0.29, 0.717) is 22.1 Å². The highest BCUT2D eigenvalue weighted by Crippen LogP contribution is 2.24. The molecule has 4 rings (SSSR count). The molecule has 3 aromatic rings. The number of hydrogen-bond acceptors (Lipinski definition) is 7. The Kier molecular flexibility index (Phi) is 6.22. The third-order valence-corrected chi connectivity index (χ3v) is 4.74. The van der Waals surface area contributed by atoms with Crippen LogP contribution >= 0.6 is 11.6 Å². The number of halogens is 1. The lowest BCUT2D eigenvalue weighted by Crippen LogP contribution is -2.35. The molecular weight excluding hydrogens is 436 g/mol. The van der Waals surface area contributed by atoms with E-state index in [4.69, 9.17) is 16.3 Å². The normalized spacial score (nSPS) is 13.5. The van der Waals surface area contributed by atoms with Gasteiger partial charge in [0.25, 0.3) is 5.91 Å². The summed E-state index contributed by atoms with van der Waals surface area (Å²) in [6.45, 7) is -0.541. The van der Waals surface area contributed by atoms with Gasteiger partial charge in [-0.15, -0.1) is 0 Å². The summed E-state index contributed by atoms with van der Waals surface area (Å²) in [5, 5.41) is 12.4. The maximum atomic E-state index is 12.4. The molecule has 0 spiro atoms. The molecule has 0 atom stereocenters. The fourth-order valence-electron chi connectivity index (χ4n) is 3.01. The molecule has 10 nitrogen and oxygen atoms in total. The Balaban J connectivity index is 1.41. The summed E-state index contributed by atoms with van der Waals surface area (Å²) in [5.41, 5.74) is 1.52. The van der Waals surface area contributed by atoms with E-state index < -0.39 is 18.5 Å². The van der Waals surface area contributed by atoms with Crippen LogP contribution in [0.1, 0.15) is 12.8 Å². The summed E-state index contributed by atoms with van der Waals surface area (Å²) < 4.78 is 6.57. The maximum Gasteiger partial charge on any atom is 0.355 e. The lowest BCUT2D eigenvalue weighted by atomic mass is 10.1. The van der Waals surface area contributed by atoms with Crippen LogP contribution in [0.2, 0.25) is 5.02 Å². The van der Waals surface area contributed by atoms with Gasteiger partial charge in [0.15, 0.2) is 6.61 Å². The summed E-state index contributed by atoms with van der Waals surface area (Å²) >= 11 is 6.04. The number of aromatic nitrogens is 3. The zero-order valence-corrected chi connectivity index (χ0v) is 17.4. The zero-order valence-electron chi connectivity index (χ0n) is 16.6. The Hall–Kier alpha value is -4.05. The molecule has 2 aromatic carbocycles. The van der Waals surface area contributed by atoms with Gasteiger partial charge in [0.1, 0.15) is 18.4 Å². The first-order valence-electron chi connectivity index (χ1n) is 9.58. The van der Waals surface area contributed by atoms with Gasteiger partial charge >= 0.3 is 5.97 Å². The maximum absolute atomic E-state index is 12.4. The number of esters is 1. The minimum absolute atomic E-state index is 0.0623. The van der Waals surface area contributed by atoms with E-state index in [1.165, 1.54) is 17.3 Å². The highest BCUT2D eigenvalue weighted by Gasteiger charge is 2.27. The van der Waals surface area contributed by atoms with Gasteiger partial charge in [-0.05, 0) is 30.3 Å². The second kappa shape index (κ2) is 9.40. The van der Waals surface area contributed by atoms with Gasteiger partial charge in [0.05, 0.1) is 17.1 Å². The molecule has 1 aliphatic heterocycles. The van der Waals surface area contributed by atoms with Gasteiger partial charge in [0.2, 0.25) is 5.91 Å². The Morgan fingerprint density at radius 3 is 2.69 bits per heavy atom. The third-order valence-electron chi connectivity index (χ3n) is 4.50. The van der Waals surface area contributed by atoms with E-state index in [1.54, 1.807) is 42.5 Å². The van der Waals surface area contributed by atoms with Crippen LogP contribution in [0, 0.1) is 0 Å². The molecule has 0 saturated carbocycles. The number of rotatable bonds is 6. The van der Waals surface area contributed by atoms with Crippen LogP contribution in [0.25, 0.3) is 5.69 Å². The Morgan fingerprint density at radius 2 is 1.94 bits per heavy atom. The average Bonchev–Trinajstić information content (AvgIpc) is 3.33. The molecule has 1 N–H and O–H groups in total. The molecule has 0 bridgehead atoms. The number of hydrogen-bond donors (Lipinski definition) is 1. The molecule has 2 heterocycles. The van der Waals surface area contributed by atoms with Gasteiger partial charge in [-0.1, -0.05) is 29.8 Å². The van der Waals surface area contributed by atoms with Gasteiger partial charge in [0, 0.05) is 17.9 Å². The monoisotopic (exact) mass is 452 g/mol. The highest BCUT2D eigenvalue weighted by atomic mass is 35.5. The number of nitrogens with zero attached hydrogens (tertiary/aromatic N) is 5. The van der Waals surface area contributed by atoms with Crippen LogP contribution in [0.5, 0.6) is 0 Å². The van der Waals surface area contributed by atoms with Crippen molar-refractivity contribution in [3.63, 3.8) is 0 Å². The molecular formula is C21H17ClN6O4. The van der Waals surface area contributed by atoms with Crippen molar-refractivity contribution in [1.29, 1.82) is 0 Å². The predicted octanol–water partition coefficient (Wildman–Crippen LogP) is 2.59. The Morgan fingerprint density at radius 1 is 1.12 bits per heavy atom. The zero-order chi connectivity index (χ0) is 22.5. The third kappa shape index (κ3) is 4.81. The molecule has 1 aromatic heterocycles. The molecule has 0 radical (unpaired) electrons. The fourth-order valence-corrected chi connectivity index (χ4v) is 3.19. The number of anilines is 2. The van der Waals surface area contributed by atoms with Crippen LogP contribution in [0.3, 0.4) is 0 Å². The van der Waals surface area contributed by atoms with E-state index in [0.717, 1.165) is 5.01 Å². The minimum Gasteiger partial charge on any atom is -0.451 e. The van der Waals surface area contributed by atoms with Crippen LogP contribution < -0.4 is 10.3 Å². The standard InChI is InChI=1S/C21H17ClN6O4/c22-14-6-8-18(27-13-23-12-24-27)17(10-14)25-19(29)11-32-21(31)16-7-9-20(30)28(26-16)15-4-2-1-3-5-15/h1-6,8,10,12-13H,7,9,11H2,(H,25,29). The van der Waals surface area contributed by atoms with Gasteiger partial charge < -0.3 is 10.1 Å². The van der Waals surface area contributed by atoms with Crippen molar-refractivity contribution in [2.24, 2.45) is 5.10 Å². The molecule has 162 valence electrons. The van der Waals surface area contributed by atoms with E-state index in [-0.39, 0.29) is 24.5 Å². The van der Waals surface area contributed by atoms with Crippen molar-refractivity contribution in [2.45, 2.75) is 12.8 Å². The second-order valence-corrected chi connectivity index (χ2v) is 7.15. The van der Waals surface area contributed by atoms with Crippen molar-refractivity contribution >= 4 is 46.5 Å². The molecule has 0 fully saturated rings. The molecule has 11 heteroatoms. The van der Waals surface area contributed by atoms with E-state index in [1.807, 2.05) is 6.07 Å². The number of carbonyl (C=O) groups is 3. The van der Waals surface area contributed by atoms with Crippen LogP contribution in [0.4, 0.5) is 11.4 Å². The number of carbonyl (C=O) groups excluding carboxylic acids is 3. The lowest BCUT2D eigenvalue weighted by Gasteiger charge is -2.22. The predicted molar refractivity (Wildman–Crippen MR) is 117 cm³/mol. The summed E-state index contributed by atoms with van der Waals surface area (Å²) in [6, 6.07) is 13.6. The topological polar surface area (TPSA) is 119 Å².